The van der Waals surface area contributed by atoms with E-state index in [4.69, 9.17) is 4.42 Å². The van der Waals surface area contributed by atoms with Gasteiger partial charge in [-0.15, -0.1) is 0 Å². The lowest BCUT2D eigenvalue weighted by Gasteiger charge is -2.10. The molecule has 0 spiro atoms. The Kier molecular flexibility index (Phi) is 2.82. The quantitative estimate of drug-likeness (QED) is 0.712. The van der Waals surface area contributed by atoms with Crippen LogP contribution in [0.15, 0.2) is 34.7 Å². The molecule has 2 aromatic heterocycles. The standard InChI is InChI=1S/C16H18N2O2/c1-10(2)18-12-8-6-5-7-11(12)15-13(18)9-14(20-15)16(19)17(3)4/h5-10H,1-4H3. The van der Waals surface area contributed by atoms with Crippen LogP contribution < -0.4 is 0 Å². The molecule has 0 bridgehead atoms. The average molecular weight is 270 g/mol. The van der Waals surface area contributed by atoms with Crippen molar-refractivity contribution in [3.63, 3.8) is 0 Å². The SMILES string of the molecule is CC(C)n1c2ccccc2c2oc(C(=O)N(C)C)cc21. The van der Waals surface area contributed by atoms with Gasteiger partial charge in [0.1, 0.15) is 0 Å². The highest BCUT2D eigenvalue weighted by Crippen LogP contribution is 2.34. The smallest absolute Gasteiger partial charge is 0.289 e. The van der Waals surface area contributed by atoms with Crippen molar-refractivity contribution in [2.24, 2.45) is 0 Å². The largest absolute Gasteiger partial charge is 0.449 e. The normalized spacial score (nSPS) is 11.7. The number of furan rings is 1. The molecule has 104 valence electrons. The lowest BCUT2D eigenvalue weighted by atomic mass is 10.2. The number of hydrogen-bond acceptors (Lipinski definition) is 2. The molecule has 0 unspecified atom stereocenters. The summed E-state index contributed by atoms with van der Waals surface area (Å²) in [5.41, 5.74) is 2.91. The Hall–Kier alpha value is -2.23. The molecular formula is C16H18N2O2. The molecule has 0 N–H and O–H groups in total. The Labute approximate surface area is 117 Å². The molecule has 1 amide bonds. The van der Waals surface area contributed by atoms with Crippen LogP contribution in [0.1, 0.15) is 30.4 Å². The van der Waals surface area contributed by atoms with E-state index in [1.165, 1.54) is 4.90 Å². The van der Waals surface area contributed by atoms with Gasteiger partial charge in [-0.2, -0.15) is 0 Å². The zero-order valence-corrected chi connectivity index (χ0v) is 12.2. The molecule has 3 rings (SSSR count). The second-order valence-corrected chi connectivity index (χ2v) is 5.51. The number of nitrogens with zero attached hydrogens (tertiary/aromatic N) is 2. The third-order valence-electron chi connectivity index (χ3n) is 3.51. The number of benzene rings is 1. The van der Waals surface area contributed by atoms with Crippen molar-refractivity contribution < 1.29 is 9.21 Å². The Morgan fingerprint density at radius 2 is 1.90 bits per heavy atom. The number of para-hydroxylation sites is 1. The highest BCUT2D eigenvalue weighted by molar-refractivity contribution is 6.07. The van der Waals surface area contributed by atoms with Gasteiger partial charge in [-0.1, -0.05) is 12.1 Å². The van der Waals surface area contributed by atoms with Crippen molar-refractivity contribution in [1.29, 1.82) is 0 Å². The maximum absolute atomic E-state index is 12.1. The first kappa shape index (κ1) is 12.8. The Bertz CT molecular complexity index is 793. The van der Waals surface area contributed by atoms with Crippen LogP contribution in [0.25, 0.3) is 22.0 Å². The first-order valence-corrected chi connectivity index (χ1v) is 6.75. The molecule has 3 aromatic rings. The summed E-state index contributed by atoms with van der Waals surface area (Å²) >= 11 is 0. The van der Waals surface area contributed by atoms with Crippen LogP contribution in [0, 0.1) is 0 Å². The molecule has 2 heterocycles. The van der Waals surface area contributed by atoms with Crippen LogP contribution in [0.2, 0.25) is 0 Å². The number of carbonyl (C=O) groups excluding carboxylic acids is 1. The maximum Gasteiger partial charge on any atom is 0.289 e. The molecule has 1 aromatic carbocycles. The van der Waals surface area contributed by atoms with Crippen molar-refractivity contribution >= 4 is 27.9 Å². The fourth-order valence-electron chi connectivity index (χ4n) is 2.64. The molecule has 0 atom stereocenters. The van der Waals surface area contributed by atoms with Gasteiger partial charge in [0.05, 0.1) is 11.0 Å². The molecule has 4 heteroatoms. The zero-order chi connectivity index (χ0) is 14.4. The van der Waals surface area contributed by atoms with E-state index in [1.807, 2.05) is 24.3 Å². The monoisotopic (exact) mass is 270 g/mol. The number of hydrogen-bond donors (Lipinski definition) is 0. The van der Waals surface area contributed by atoms with Crippen molar-refractivity contribution in [2.75, 3.05) is 14.1 Å². The highest BCUT2D eigenvalue weighted by atomic mass is 16.3. The van der Waals surface area contributed by atoms with E-state index in [0.717, 1.165) is 22.0 Å². The van der Waals surface area contributed by atoms with Crippen molar-refractivity contribution in [3.05, 3.63) is 36.1 Å². The fraction of sp³-hybridized carbons (Fsp3) is 0.312. The predicted octanol–water partition coefficient (Wildman–Crippen LogP) is 3.67. The lowest BCUT2D eigenvalue weighted by Crippen LogP contribution is -2.20. The molecule has 0 fully saturated rings. The Morgan fingerprint density at radius 3 is 2.55 bits per heavy atom. The van der Waals surface area contributed by atoms with E-state index in [0.29, 0.717) is 11.8 Å². The van der Waals surface area contributed by atoms with Crippen LogP contribution in [0.3, 0.4) is 0 Å². The van der Waals surface area contributed by atoms with Gasteiger partial charge < -0.3 is 13.9 Å². The van der Waals surface area contributed by atoms with Gasteiger partial charge in [0.25, 0.3) is 5.91 Å². The zero-order valence-electron chi connectivity index (χ0n) is 12.2. The third-order valence-corrected chi connectivity index (χ3v) is 3.51. The van der Waals surface area contributed by atoms with Gasteiger partial charge in [-0.05, 0) is 26.0 Å². The average Bonchev–Trinajstić information content (AvgIpc) is 2.93. The fourth-order valence-corrected chi connectivity index (χ4v) is 2.64. The minimum Gasteiger partial charge on any atom is -0.449 e. The van der Waals surface area contributed by atoms with Gasteiger partial charge in [-0.3, -0.25) is 4.79 Å². The number of aromatic nitrogens is 1. The number of rotatable bonds is 2. The Morgan fingerprint density at radius 1 is 1.20 bits per heavy atom. The van der Waals surface area contributed by atoms with E-state index in [2.05, 4.69) is 24.5 Å². The van der Waals surface area contributed by atoms with Crippen molar-refractivity contribution in [1.82, 2.24) is 9.47 Å². The first-order chi connectivity index (χ1) is 9.50. The van der Waals surface area contributed by atoms with Crippen LogP contribution in [0.5, 0.6) is 0 Å². The van der Waals surface area contributed by atoms with E-state index in [9.17, 15) is 4.79 Å². The van der Waals surface area contributed by atoms with Gasteiger partial charge in [0.2, 0.25) is 0 Å². The van der Waals surface area contributed by atoms with Gasteiger partial charge in [0.15, 0.2) is 11.3 Å². The minimum atomic E-state index is -0.111. The molecule has 20 heavy (non-hydrogen) atoms. The maximum atomic E-state index is 12.1. The van der Waals surface area contributed by atoms with E-state index in [1.54, 1.807) is 14.1 Å². The number of fused-ring (bicyclic) bond motifs is 3. The predicted molar refractivity (Wildman–Crippen MR) is 80.1 cm³/mol. The summed E-state index contributed by atoms with van der Waals surface area (Å²) in [5, 5.41) is 1.05. The summed E-state index contributed by atoms with van der Waals surface area (Å²) < 4.78 is 8.03. The topological polar surface area (TPSA) is 38.4 Å². The van der Waals surface area contributed by atoms with Gasteiger partial charge in [0, 0.05) is 31.6 Å². The van der Waals surface area contributed by atoms with Crippen molar-refractivity contribution in [2.45, 2.75) is 19.9 Å². The summed E-state index contributed by atoms with van der Waals surface area (Å²) in [6.07, 6.45) is 0. The molecule has 0 aliphatic heterocycles. The number of carbonyl (C=O) groups is 1. The first-order valence-electron chi connectivity index (χ1n) is 6.75. The van der Waals surface area contributed by atoms with E-state index < -0.39 is 0 Å². The second-order valence-electron chi connectivity index (χ2n) is 5.51. The lowest BCUT2D eigenvalue weighted by molar-refractivity contribution is 0.0799. The molecule has 4 nitrogen and oxygen atoms in total. The highest BCUT2D eigenvalue weighted by Gasteiger charge is 2.20. The molecule has 0 saturated carbocycles. The molecule has 0 aliphatic carbocycles. The summed E-state index contributed by atoms with van der Waals surface area (Å²) in [6.45, 7) is 4.26. The number of amides is 1. The van der Waals surface area contributed by atoms with E-state index in [-0.39, 0.29) is 5.91 Å². The summed E-state index contributed by atoms with van der Waals surface area (Å²) in [5.74, 6) is 0.278. The Balaban J connectivity index is 2.34. The minimum absolute atomic E-state index is 0.111. The van der Waals surface area contributed by atoms with Crippen LogP contribution in [0.4, 0.5) is 0 Å². The van der Waals surface area contributed by atoms with Crippen LogP contribution in [-0.2, 0) is 0 Å². The molecule has 0 saturated heterocycles. The van der Waals surface area contributed by atoms with Crippen molar-refractivity contribution in [3.8, 4) is 0 Å². The van der Waals surface area contributed by atoms with E-state index >= 15 is 0 Å². The van der Waals surface area contributed by atoms with Crippen LogP contribution >= 0.6 is 0 Å². The summed E-state index contributed by atoms with van der Waals surface area (Å²) in [7, 11) is 3.45. The molecule has 0 aliphatic rings. The molecule has 0 radical (unpaired) electrons. The van der Waals surface area contributed by atoms with Gasteiger partial charge >= 0.3 is 0 Å². The second kappa shape index (κ2) is 4.40. The molecular weight excluding hydrogens is 252 g/mol. The third kappa shape index (κ3) is 1.72. The summed E-state index contributed by atoms with van der Waals surface area (Å²) in [6, 6.07) is 10.3. The van der Waals surface area contributed by atoms with Gasteiger partial charge in [-0.25, -0.2) is 0 Å². The summed E-state index contributed by atoms with van der Waals surface area (Å²) in [4.78, 5) is 13.6. The van der Waals surface area contributed by atoms with Crippen LogP contribution in [-0.4, -0.2) is 29.5 Å².